The first-order valence-corrected chi connectivity index (χ1v) is 12.0. The van der Waals surface area contributed by atoms with Gasteiger partial charge in [0.1, 0.15) is 5.82 Å². The second-order valence-corrected chi connectivity index (χ2v) is 9.25. The molecule has 0 bridgehead atoms. The summed E-state index contributed by atoms with van der Waals surface area (Å²) in [6.45, 7) is 3.04. The molecule has 8 nitrogen and oxygen atoms in total. The lowest BCUT2D eigenvalue weighted by Crippen LogP contribution is -2.30. The number of esters is 1. The quantitative estimate of drug-likeness (QED) is 0.411. The molecule has 2 aromatic rings. The molecule has 0 saturated heterocycles. The summed E-state index contributed by atoms with van der Waals surface area (Å²) >= 11 is 1.23. The molecule has 170 valence electrons. The molecule has 0 atom stereocenters. The van der Waals surface area contributed by atoms with Crippen LogP contribution in [-0.2, 0) is 19.6 Å². The zero-order chi connectivity index (χ0) is 23.7. The van der Waals surface area contributed by atoms with Crippen LogP contribution in [0.3, 0.4) is 0 Å². The molecule has 0 unspecified atom stereocenters. The molecule has 0 aliphatic rings. The van der Waals surface area contributed by atoms with Gasteiger partial charge in [-0.1, -0.05) is 26.0 Å². The maximum absolute atomic E-state index is 14.2. The Balaban J connectivity index is 2.11. The van der Waals surface area contributed by atoms with E-state index < -0.39 is 39.9 Å². The number of rotatable bonds is 10. The van der Waals surface area contributed by atoms with Crippen LogP contribution in [-0.4, -0.2) is 50.0 Å². The first-order valence-electron chi connectivity index (χ1n) is 9.60. The summed E-state index contributed by atoms with van der Waals surface area (Å²) in [6, 6.07) is 11.6. The number of halogens is 1. The standard InChI is InChI=1S/C21H22FN3O5S2/c1-3-25(4-2)32(28,29)15-9-10-17(22)16(13-15)21(27)30-14-20(26)24-18-7-5-6-8-19(18)31-12-11-23/h5-10,13H,3-4,12,14H2,1-2H3,(H,24,26). The fourth-order valence-corrected chi connectivity index (χ4v) is 4.89. The van der Waals surface area contributed by atoms with Crippen molar-refractivity contribution in [1.29, 1.82) is 5.26 Å². The van der Waals surface area contributed by atoms with Crippen LogP contribution in [0.4, 0.5) is 10.1 Å². The van der Waals surface area contributed by atoms with E-state index in [0.717, 1.165) is 18.2 Å². The summed E-state index contributed by atoms with van der Waals surface area (Å²) in [5.41, 5.74) is -0.150. The van der Waals surface area contributed by atoms with E-state index in [1.807, 2.05) is 6.07 Å². The molecule has 2 aromatic carbocycles. The molecule has 0 aliphatic carbocycles. The molecule has 0 saturated carbocycles. The van der Waals surface area contributed by atoms with E-state index in [1.165, 1.54) is 16.1 Å². The van der Waals surface area contributed by atoms with Crippen LogP contribution >= 0.6 is 11.8 Å². The van der Waals surface area contributed by atoms with Crippen molar-refractivity contribution < 1.29 is 27.1 Å². The van der Waals surface area contributed by atoms with Crippen molar-refractivity contribution in [2.45, 2.75) is 23.6 Å². The van der Waals surface area contributed by atoms with Crippen molar-refractivity contribution in [2.24, 2.45) is 0 Å². The Kier molecular flexibility index (Phi) is 9.19. The largest absolute Gasteiger partial charge is 0.452 e. The minimum atomic E-state index is -3.90. The van der Waals surface area contributed by atoms with Crippen LogP contribution in [0.15, 0.2) is 52.3 Å². The summed E-state index contributed by atoms with van der Waals surface area (Å²) in [5, 5.41) is 11.3. The van der Waals surface area contributed by atoms with Crippen molar-refractivity contribution in [1.82, 2.24) is 4.31 Å². The normalized spacial score (nSPS) is 11.1. The fraction of sp³-hybridized carbons (Fsp3) is 0.286. The molecule has 0 radical (unpaired) electrons. The molecule has 0 aliphatic heterocycles. The number of carbonyl (C=O) groups excluding carboxylic acids is 2. The van der Waals surface area contributed by atoms with Gasteiger partial charge in [0, 0.05) is 18.0 Å². The first kappa shape index (κ1) is 25.3. The van der Waals surface area contributed by atoms with Crippen LogP contribution in [0, 0.1) is 17.1 Å². The van der Waals surface area contributed by atoms with Crippen LogP contribution < -0.4 is 5.32 Å². The number of nitriles is 1. The number of carbonyl (C=O) groups is 2. The number of hydrogen-bond acceptors (Lipinski definition) is 7. The topological polar surface area (TPSA) is 117 Å². The van der Waals surface area contributed by atoms with Crippen LogP contribution in [0.5, 0.6) is 0 Å². The Morgan fingerprint density at radius 3 is 2.53 bits per heavy atom. The average molecular weight is 480 g/mol. The molecular weight excluding hydrogens is 457 g/mol. The summed E-state index contributed by atoms with van der Waals surface area (Å²) in [7, 11) is -3.90. The predicted octanol–water partition coefficient (Wildman–Crippen LogP) is 3.27. The van der Waals surface area contributed by atoms with Crippen molar-refractivity contribution in [2.75, 3.05) is 30.8 Å². The second kappa shape index (κ2) is 11.6. The number of nitrogens with one attached hydrogen (secondary N) is 1. The lowest BCUT2D eigenvalue weighted by atomic mass is 10.2. The fourth-order valence-electron chi connectivity index (χ4n) is 2.73. The monoisotopic (exact) mass is 479 g/mol. The predicted molar refractivity (Wildman–Crippen MR) is 118 cm³/mol. The van der Waals surface area contributed by atoms with E-state index in [4.69, 9.17) is 10.00 Å². The molecule has 0 fully saturated rings. The maximum atomic E-state index is 14.2. The number of sulfonamides is 1. The molecule has 0 aromatic heterocycles. The Labute approximate surface area is 190 Å². The molecule has 32 heavy (non-hydrogen) atoms. The number of para-hydroxylation sites is 1. The Bertz CT molecular complexity index is 1130. The van der Waals surface area contributed by atoms with E-state index in [2.05, 4.69) is 5.32 Å². The number of ether oxygens (including phenoxy) is 1. The molecule has 11 heteroatoms. The summed E-state index contributed by atoms with van der Waals surface area (Å²) in [4.78, 5) is 24.9. The molecule has 0 spiro atoms. The third kappa shape index (κ3) is 6.29. The maximum Gasteiger partial charge on any atom is 0.341 e. The molecule has 2 rings (SSSR count). The van der Waals surface area contributed by atoms with Crippen molar-refractivity contribution in [3.8, 4) is 6.07 Å². The third-order valence-corrected chi connectivity index (χ3v) is 7.27. The highest BCUT2D eigenvalue weighted by Crippen LogP contribution is 2.26. The molecule has 1 N–H and O–H groups in total. The van der Waals surface area contributed by atoms with Crippen LogP contribution in [0.25, 0.3) is 0 Å². The number of benzene rings is 2. The Morgan fingerprint density at radius 1 is 1.19 bits per heavy atom. The van der Waals surface area contributed by atoms with Gasteiger partial charge in [0.2, 0.25) is 10.0 Å². The van der Waals surface area contributed by atoms with E-state index in [1.54, 1.807) is 38.1 Å². The van der Waals surface area contributed by atoms with Gasteiger partial charge in [-0.2, -0.15) is 9.57 Å². The third-order valence-electron chi connectivity index (χ3n) is 4.29. The van der Waals surface area contributed by atoms with Gasteiger partial charge in [-0.25, -0.2) is 17.6 Å². The van der Waals surface area contributed by atoms with Crippen molar-refractivity contribution in [3.63, 3.8) is 0 Å². The number of hydrogen-bond donors (Lipinski definition) is 1. The minimum absolute atomic E-state index is 0.188. The Morgan fingerprint density at radius 2 is 1.88 bits per heavy atom. The summed E-state index contributed by atoms with van der Waals surface area (Å²) < 4.78 is 45.5. The van der Waals surface area contributed by atoms with E-state index in [0.29, 0.717) is 10.6 Å². The highest BCUT2D eigenvalue weighted by Gasteiger charge is 2.25. The molecule has 1 amide bonds. The number of anilines is 1. The SMILES string of the molecule is CCN(CC)S(=O)(=O)c1ccc(F)c(C(=O)OCC(=O)Nc2ccccc2SCC#N)c1. The highest BCUT2D eigenvalue weighted by molar-refractivity contribution is 7.99. The van der Waals surface area contributed by atoms with Gasteiger partial charge in [-0.15, -0.1) is 11.8 Å². The molecular formula is C21H22FN3O5S2. The van der Waals surface area contributed by atoms with Gasteiger partial charge in [0.15, 0.2) is 6.61 Å². The van der Waals surface area contributed by atoms with Gasteiger partial charge in [-0.05, 0) is 30.3 Å². The van der Waals surface area contributed by atoms with Gasteiger partial charge in [-0.3, -0.25) is 4.79 Å². The van der Waals surface area contributed by atoms with Gasteiger partial charge < -0.3 is 10.1 Å². The van der Waals surface area contributed by atoms with E-state index >= 15 is 0 Å². The van der Waals surface area contributed by atoms with E-state index in [-0.39, 0.29) is 23.7 Å². The van der Waals surface area contributed by atoms with Crippen LogP contribution in [0.1, 0.15) is 24.2 Å². The van der Waals surface area contributed by atoms with Gasteiger partial charge >= 0.3 is 5.97 Å². The first-order chi connectivity index (χ1) is 15.2. The number of amides is 1. The van der Waals surface area contributed by atoms with E-state index in [9.17, 15) is 22.4 Å². The Hall–Kier alpha value is -2.94. The lowest BCUT2D eigenvalue weighted by Gasteiger charge is -2.18. The highest BCUT2D eigenvalue weighted by atomic mass is 32.2. The average Bonchev–Trinajstić information content (AvgIpc) is 2.77. The zero-order valence-corrected chi connectivity index (χ0v) is 19.1. The van der Waals surface area contributed by atoms with Gasteiger partial charge in [0.25, 0.3) is 5.91 Å². The van der Waals surface area contributed by atoms with Crippen molar-refractivity contribution >= 4 is 39.3 Å². The summed E-state index contributed by atoms with van der Waals surface area (Å²) in [6.07, 6.45) is 0. The minimum Gasteiger partial charge on any atom is -0.452 e. The number of nitrogens with zero attached hydrogens (tertiary/aromatic N) is 2. The van der Waals surface area contributed by atoms with Gasteiger partial charge in [0.05, 0.1) is 28.0 Å². The van der Waals surface area contributed by atoms with Crippen molar-refractivity contribution in [3.05, 3.63) is 53.8 Å². The lowest BCUT2D eigenvalue weighted by molar-refractivity contribution is -0.119. The second-order valence-electron chi connectivity index (χ2n) is 6.30. The molecule has 0 heterocycles. The zero-order valence-electron chi connectivity index (χ0n) is 17.5. The summed E-state index contributed by atoms with van der Waals surface area (Å²) in [5.74, 6) is -2.61. The van der Waals surface area contributed by atoms with Crippen LogP contribution in [0.2, 0.25) is 0 Å². The number of thioether (sulfide) groups is 1. The smallest absolute Gasteiger partial charge is 0.341 e.